The third-order valence-electron chi connectivity index (χ3n) is 6.49. The van der Waals surface area contributed by atoms with Crippen LogP contribution in [-0.4, -0.2) is 26.2 Å². The van der Waals surface area contributed by atoms with Gasteiger partial charge in [-0.2, -0.15) is 5.26 Å². The summed E-state index contributed by atoms with van der Waals surface area (Å²) >= 11 is 0. The lowest BCUT2D eigenvalue weighted by Crippen LogP contribution is -2.47. The molecule has 0 atom stereocenters. The number of hydrogen-bond donors (Lipinski definition) is 0. The van der Waals surface area contributed by atoms with Crippen LogP contribution in [0.25, 0.3) is 11.1 Å². The summed E-state index contributed by atoms with van der Waals surface area (Å²) < 4.78 is 0. The monoisotopic (exact) mass is 423 g/mol. The molecule has 1 fully saturated rings. The molecule has 0 aliphatic carbocycles. The summed E-state index contributed by atoms with van der Waals surface area (Å²) in [6.07, 6.45) is 0. The van der Waals surface area contributed by atoms with Gasteiger partial charge in [0.2, 0.25) is 0 Å². The topological polar surface area (TPSA) is 30.3 Å². The van der Waals surface area contributed by atoms with Gasteiger partial charge in [0, 0.05) is 31.9 Å². The number of nitriles is 1. The van der Waals surface area contributed by atoms with Crippen molar-refractivity contribution in [2.75, 3.05) is 36.0 Å². The van der Waals surface area contributed by atoms with E-state index in [2.05, 4.69) is 110 Å². The van der Waals surface area contributed by atoms with Crippen LogP contribution < -0.4 is 9.80 Å². The second kappa shape index (κ2) is 9.49. The molecule has 0 bridgehead atoms. The first kappa shape index (κ1) is 22.0. The molecule has 0 amide bonds. The molecule has 1 aliphatic rings. The summed E-state index contributed by atoms with van der Waals surface area (Å²) in [7, 11) is 0. The minimum Gasteiger partial charge on any atom is -0.368 e. The molecule has 1 aliphatic heterocycles. The maximum Gasteiger partial charge on any atom is 0.102 e. The van der Waals surface area contributed by atoms with E-state index in [0.717, 1.165) is 37.4 Å². The van der Waals surface area contributed by atoms with E-state index >= 15 is 0 Å². The van der Waals surface area contributed by atoms with Gasteiger partial charge in [-0.25, -0.2) is 0 Å². The van der Waals surface area contributed by atoms with Crippen molar-refractivity contribution in [3.05, 3.63) is 83.4 Å². The number of rotatable bonds is 5. The Morgan fingerprint density at radius 2 is 1.31 bits per heavy atom. The largest absolute Gasteiger partial charge is 0.368 e. The molecule has 3 aromatic carbocycles. The van der Waals surface area contributed by atoms with Crippen molar-refractivity contribution >= 4 is 11.4 Å². The van der Waals surface area contributed by atoms with E-state index in [4.69, 9.17) is 0 Å². The lowest BCUT2D eigenvalue weighted by Gasteiger charge is -2.39. The van der Waals surface area contributed by atoms with Gasteiger partial charge in [0.1, 0.15) is 6.07 Å². The predicted octanol–water partition coefficient (Wildman–Crippen LogP) is 6.80. The number of anilines is 2. The van der Waals surface area contributed by atoms with Crippen molar-refractivity contribution in [2.45, 2.75) is 39.5 Å². The maximum atomic E-state index is 10.3. The van der Waals surface area contributed by atoms with E-state index in [1.165, 1.54) is 27.9 Å². The Bertz CT molecular complexity index is 1090. The Kier molecular flexibility index (Phi) is 6.51. The highest BCUT2D eigenvalue weighted by molar-refractivity contribution is 5.81. The van der Waals surface area contributed by atoms with Crippen molar-refractivity contribution < 1.29 is 0 Å². The lowest BCUT2D eigenvalue weighted by atomic mass is 9.81. The van der Waals surface area contributed by atoms with Crippen LogP contribution in [0.5, 0.6) is 0 Å². The Morgan fingerprint density at radius 1 is 0.750 bits per heavy atom. The van der Waals surface area contributed by atoms with Crippen LogP contribution in [0.3, 0.4) is 0 Å². The van der Waals surface area contributed by atoms with Gasteiger partial charge in [-0.05, 0) is 52.3 Å². The first-order chi connectivity index (χ1) is 15.5. The Balaban J connectivity index is 1.78. The maximum absolute atomic E-state index is 10.3. The highest BCUT2D eigenvalue weighted by Gasteiger charge is 2.27. The number of benzene rings is 3. The van der Waals surface area contributed by atoms with Gasteiger partial charge in [-0.15, -0.1) is 0 Å². The molecule has 3 aromatic rings. The molecule has 0 N–H and O–H groups in total. The van der Waals surface area contributed by atoms with Gasteiger partial charge in [-0.1, -0.05) is 76.2 Å². The third kappa shape index (κ3) is 4.23. The van der Waals surface area contributed by atoms with E-state index in [-0.39, 0.29) is 5.92 Å². The van der Waals surface area contributed by atoms with Crippen molar-refractivity contribution in [2.24, 2.45) is 0 Å². The average Bonchev–Trinajstić information content (AvgIpc) is 2.83. The summed E-state index contributed by atoms with van der Waals surface area (Å²) in [6, 6.07) is 26.1. The zero-order valence-corrected chi connectivity index (χ0v) is 19.7. The number of hydrogen-bond acceptors (Lipinski definition) is 3. The second-order valence-electron chi connectivity index (χ2n) is 9.25. The SMILES string of the molecule is CC(C)c1cc(N2CCN(c3ccccc3)CC2)c(C#N)c(C(C)C)c1-c1ccccc1. The first-order valence-electron chi connectivity index (χ1n) is 11.7. The summed E-state index contributed by atoms with van der Waals surface area (Å²) in [4.78, 5) is 4.86. The Hall–Kier alpha value is -3.25. The van der Waals surface area contributed by atoms with Gasteiger partial charge in [0.15, 0.2) is 0 Å². The van der Waals surface area contributed by atoms with Crippen LogP contribution in [0.2, 0.25) is 0 Å². The molecule has 0 saturated carbocycles. The quantitative estimate of drug-likeness (QED) is 0.452. The number of nitrogens with zero attached hydrogens (tertiary/aromatic N) is 3. The molecule has 4 rings (SSSR count). The highest BCUT2D eigenvalue weighted by atomic mass is 15.3. The molecule has 1 saturated heterocycles. The van der Waals surface area contributed by atoms with Crippen LogP contribution >= 0.6 is 0 Å². The van der Waals surface area contributed by atoms with Crippen molar-refractivity contribution in [3.8, 4) is 17.2 Å². The molecule has 1 heterocycles. The molecule has 0 aromatic heterocycles. The van der Waals surface area contributed by atoms with Gasteiger partial charge >= 0.3 is 0 Å². The summed E-state index contributed by atoms with van der Waals surface area (Å²) in [6.45, 7) is 12.7. The van der Waals surface area contributed by atoms with E-state index in [1.54, 1.807) is 0 Å². The normalized spacial score (nSPS) is 14.2. The summed E-state index contributed by atoms with van der Waals surface area (Å²) in [5.41, 5.74) is 8.20. The average molecular weight is 424 g/mol. The van der Waals surface area contributed by atoms with Gasteiger partial charge in [0.05, 0.1) is 11.3 Å². The predicted molar refractivity (Wildman–Crippen MR) is 136 cm³/mol. The van der Waals surface area contributed by atoms with Gasteiger partial charge in [0.25, 0.3) is 0 Å². The fourth-order valence-corrected chi connectivity index (χ4v) is 4.88. The molecule has 32 heavy (non-hydrogen) atoms. The third-order valence-corrected chi connectivity index (χ3v) is 6.49. The number of piperazine rings is 1. The van der Waals surface area contributed by atoms with Crippen molar-refractivity contribution in [1.82, 2.24) is 0 Å². The van der Waals surface area contributed by atoms with Crippen LogP contribution in [0.1, 0.15) is 56.2 Å². The molecule has 3 heteroatoms. The molecule has 0 radical (unpaired) electrons. The highest BCUT2D eigenvalue weighted by Crippen LogP contribution is 2.42. The van der Waals surface area contributed by atoms with Crippen LogP contribution in [0.4, 0.5) is 11.4 Å². The fraction of sp³-hybridized carbons (Fsp3) is 0.345. The smallest absolute Gasteiger partial charge is 0.102 e. The van der Waals surface area contributed by atoms with E-state index in [0.29, 0.717) is 5.92 Å². The summed E-state index contributed by atoms with van der Waals surface area (Å²) in [5.74, 6) is 0.641. The summed E-state index contributed by atoms with van der Waals surface area (Å²) in [5, 5.41) is 10.3. The van der Waals surface area contributed by atoms with Gasteiger partial charge in [-0.3, -0.25) is 0 Å². The fourth-order valence-electron chi connectivity index (χ4n) is 4.88. The van der Waals surface area contributed by atoms with E-state index < -0.39 is 0 Å². The van der Waals surface area contributed by atoms with Crippen LogP contribution in [0, 0.1) is 11.3 Å². The van der Waals surface area contributed by atoms with Crippen molar-refractivity contribution in [1.29, 1.82) is 5.26 Å². The van der Waals surface area contributed by atoms with Gasteiger partial charge < -0.3 is 9.80 Å². The number of para-hydroxylation sites is 1. The first-order valence-corrected chi connectivity index (χ1v) is 11.7. The van der Waals surface area contributed by atoms with E-state index in [9.17, 15) is 5.26 Å². The molecule has 0 unspecified atom stereocenters. The van der Waals surface area contributed by atoms with Crippen molar-refractivity contribution in [3.63, 3.8) is 0 Å². The molecular weight excluding hydrogens is 390 g/mol. The zero-order chi connectivity index (χ0) is 22.7. The molecule has 164 valence electrons. The zero-order valence-electron chi connectivity index (χ0n) is 19.7. The van der Waals surface area contributed by atoms with E-state index in [1.807, 2.05) is 0 Å². The Morgan fingerprint density at radius 3 is 1.84 bits per heavy atom. The Labute approximate surface area is 192 Å². The second-order valence-corrected chi connectivity index (χ2v) is 9.25. The van der Waals surface area contributed by atoms with Crippen LogP contribution in [-0.2, 0) is 0 Å². The lowest BCUT2D eigenvalue weighted by molar-refractivity contribution is 0.651. The molecule has 0 spiro atoms. The minimum absolute atomic E-state index is 0.267. The molecule has 3 nitrogen and oxygen atoms in total. The standard InChI is InChI=1S/C29H33N3/c1-21(2)25-19-27(32-17-15-31(16-18-32)24-13-9-6-10-14-24)26(20-30)28(22(3)4)29(25)23-11-7-5-8-12-23/h5-14,19,21-22H,15-18H2,1-4H3. The van der Waals surface area contributed by atoms with Crippen LogP contribution in [0.15, 0.2) is 66.7 Å². The molecular formula is C29H33N3. The minimum atomic E-state index is 0.267.